The Bertz CT molecular complexity index is 943. The first kappa shape index (κ1) is 58.3. The summed E-state index contributed by atoms with van der Waals surface area (Å²) in [5.74, 6) is -2.96. The molecule has 0 fully saturated rings. The largest absolute Gasteiger partial charge is 0.481 e. The van der Waals surface area contributed by atoms with Crippen molar-refractivity contribution in [2.45, 2.75) is 309 Å². The first-order chi connectivity index (χ1) is 29.3. The number of allylic oxidation sites excluding steroid dienone is 2. The topological polar surface area (TPSA) is 101 Å². The van der Waals surface area contributed by atoms with Crippen LogP contribution in [0.25, 0.3) is 0 Å². The maximum Gasteiger partial charge on any atom is 0.343 e. The normalized spacial score (nSPS) is 12.4. The fourth-order valence-electron chi connectivity index (χ4n) is 8.87. The predicted octanol–water partition coefficient (Wildman–Crippen LogP) is 17.3. The van der Waals surface area contributed by atoms with Crippen LogP contribution in [0.3, 0.4) is 0 Å². The molecule has 0 saturated carbocycles. The van der Waals surface area contributed by atoms with Crippen LogP contribution in [0.4, 0.5) is 0 Å². The number of esters is 2. The van der Waals surface area contributed by atoms with Gasteiger partial charge in [0.25, 0.3) is 0 Å². The van der Waals surface area contributed by atoms with Gasteiger partial charge in [-0.1, -0.05) is 264 Å². The Morgan fingerprint density at radius 1 is 0.417 bits per heavy atom. The molecule has 2 N–H and O–H groups in total. The first-order valence-corrected chi connectivity index (χ1v) is 26.6. The third kappa shape index (κ3) is 38.0. The lowest BCUT2D eigenvalue weighted by Crippen LogP contribution is -2.38. The van der Waals surface area contributed by atoms with Crippen LogP contribution in [-0.2, 0) is 19.1 Å². The summed E-state index contributed by atoms with van der Waals surface area (Å²) < 4.78 is 5.39. The summed E-state index contributed by atoms with van der Waals surface area (Å²) in [6.07, 6.45) is 54.2. The molecule has 6 heteroatoms. The summed E-state index contributed by atoms with van der Waals surface area (Å²) >= 11 is 0. The van der Waals surface area contributed by atoms with Gasteiger partial charge in [-0.05, 0) is 44.9 Å². The molecule has 0 rings (SSSR count). The number of aliphatic hydroxyl groups excluding tert-OH is 1. The molecule has 0 aliphatic heterocycles. The Morgan fingerprint density at radius 3 is 0.933 bits per heavy atom. The maximum atomic E-state index is 14.0. The molecule has 354 valence electrons. The molecule has 6 nitrogen and oxygen atoms in total. The lowest BCUT2D eigenvalue weighted by Gasteiger charge is -2.32. The van der Waals surface area contributed by atoms with E-state index in [-0.39, 0.29) is 0 Å². The fourth-order valence-corrected chi connectivity index (χ4v) is 8.87. The third-order valence-electron chi connectivity index (χ3n) is 13.0. The van der Waals surface area contributed by atoms with Crippen molar-refractivity contribution in [3.05, 3.63) is 12.2 Å². The number of rotatable bonds is 48. The van der Waals surface area contributed by atoms with Crippen LogP contribution in [0.15, 0.2) is 12.2 Å². The highest BCUT2D eigenvalue weighted by Gasteiger charge is 2.40. The van der Waals surface area contributed by atoms with Crippen LogP contribution in [0.2, 0.25) is 0 Å². The molecule has 0 saturated heterocycles. The van der Waals surface area contributed by atoms with Crippen molar-refractivity contribution in [2.24, 2.45) is 5.41 Å². The number of unbranched alkanes of at least 4 members (excludes halogenated alkanes) is 36. The number of aliphatic hydroxyl groups is 1. The molecular weight excluding hydrogens is 745 g/mol. The van der Waals surface area contributed by atoms with Crippen LogP contribution in [0.1, 0.15) is 303 Å². The molecule has 0 bridgehead atoms. The van der Waals surface area contributed by atoms with E-state index < -0.39 is 35.8 Å². The molecule has 0 aliphatic carbocycles. The molecule has 0 aromatic carbocycles. The molecular formula is C54H102O6. The second-order valence-corrected chi connectivity index (χ2v) is 18.8. The van der Waals surface area contributed by atoms with E-state index in [2.05, 4.69) is 32.9 Å². The van der Waals surface area contributed by atoms with E-state index in [0.29, 0.717) is 19.3 Å². The minimum Gasteiger partial charge on any atom is -0.481 e. The number of carbonyl (C=O) groups is 3. The minimum absolute atomic E-state index is 0.543. The zero-order valence-corrected chi connectivity index (χ0v) is 40.4. The molecule has 0 aromatic rings. The first-order valence-electron chi connectivity index (χ1n) is 26.6. The number of carbonyl (C=O) groups excluding carboxylic acids is 2. The minimum atomic E-state index is -1.83. The maximum absolute atomic E-state index is 14.0. The Kier molecular flexibility index (Phi) is 44.1. The van der Waals surface area contributed by atoms with Crippen molar-refractivity contribution in [3.8, 4) is 0 Å². The number of carboxylic acid groups (broad SMARTS) is 1. The number of carboxylic acids is 1. The molecule has 0 spiro atoms. The highest BCUT2D eigenvalue weighted by Crippen LogP contribution is 2.39. The highest BCUT2D eigenvalue weighted by atomic mass is 16.6. The van der Waals surface area contributed by atoms with Crippen molar-refractivity contribution in [1.29, 1.82) is 0 Å². The van der Waals surface area contributed by atoms with Crippen LogP contribution >= 0.6 is 0 Å². The fraction of sp³-hybridized carbons (Fsp3) is 0.907. The van der Waals surface area contributed by atoms with Gasteiger partial charge in [0.05, 0.1) is 11.8 Å². The summed E-state index contributed by atoms with van der Waals surface area (Å²) in [6.45, 7) is 6.80. The summed E-state index contributed by atoms with van der Waals surface area (Å²) in [6, 6.07) is 0. The quantitative estimate of drug-likeness (QED) is 0.0274. The molecule has 1 atom stereocenters. The van der Waals surface area contributed by atoms with Crippen LogP contribution < -0.4 is 0 Å². The molecule has 0 heterocycles. The lowest BCUT2D eigenvalue weighted by molar-refractivity contribution is -0.175. The smallest absolute Gasteiger partial charge is 0.343 e. The van der Waals surface area contributed by atoms with Crippen molar-refractivity contribution in [1.82, 2.24) is 0 Å². The lowest BCUT2D eigenvalue weighted by atomic mass is 9.74. The van der Waals surface area contributed by atoms with Crippen molar-refractivity contribution in [2.75, 3.05) is 0 Å². The van der Waals surface area contributed by atoms with Gasteiger partial charge in [0.2, 0.25) is 0 Å². The van der Waals surface area contributed by atoms with Crippen molar-refractivity contribution in [3.63, 3.8) is 0 Å². The van der Waals surface area contributed by atoms with Gasteiger partial charge >= 0.3 is 17.9 Å². The van der Waals surface area contributed by atoms with Gasteiger partial charge in [0.1, 0.15) is 0 Å². The van der Waals surface area contributed by atoms with E-state index in [1.165, 1.54) is 186 Å². The Balaban J connectivity index is 5.17. The number of hydrogen-bond acceptors (Lipinski definition) is 5. The molecule has 0 radical (unpaired) electrons. The molecule has 1 unspecified atom stereocenters. The van der Waals surface area contributed by atoms with E-state index in [1.807, 2.05) is 0 Å². The monoisotopic (exact) mass is 847 g/mol. The summed E-state index contributed by atoms with van der Waals surface area (Å²) in [5, 5.41) is 19.4. The van der Waals surface area contributed by atoms with Gasteiger partial charge in [0.15, 0.2) is 6.10 Å². The standard InChI is InChI=1S/C54H102O6/c1-4-7-10-13-16-19-22-25-28-31-34-37-40-43-46-54(53(59)60-52(58)50(55)49-51(56)57,47-44-41-38-35-32-29-26-23-20-17-14-11-8-5-2)48-45-42-39-36-33-30-27-24-21-18-15-12-9-6-3/h25,28,50,55H,4-24,26-27,29-49H2,1-3H3,(H,56,57). The average molecular weight is 847 g/mol. The van der Waals surface area contributed by atoms with E-state index in [4.69, 9.17) is 9.84 Å². The highest BCUT2D eigenvalue weighted by molar-refractivity contribution is 5.92. The molecule has 60 heavy (non-hydrogen) atoms. The van der Waals surface area contributed by atoms with Gasteiger partial charge in [-0.15, -0.1) is 0 Å². The zero-order valence-electron chi connectivity index (χ0n) is 40.4. The van der Waals surface area contributed by atoms with Gasteiger partial charge < -0.3 is 14.9 Å². The number of hydrogen-bond donors (Lipinski definition) is 2. The number of ether oxygens (including phenoxy) is 1. The Labute approximate surface area is 373 Å². The van der Waals surface area contributed by atoms with Crippen LogP contribution in [-0.4, -0.2) is 34.2 Å². The summed E-state index contributed by atoms with van der Waals surface area (Å²) in [4.78, 5) is 38.0. The van der Waals surface area contributed by atoms with E-state index in [1.54, 1.807) is 0 Å². The van der Waals surface area contributed by atoms with Crippen LogP contribution in [0.5, 0.6) is 0 Å². The molecule has 0 aromatic heterocycles. The van der Waals surface area contributed by atoms with Crippen molar-refractivity contribution >= 4 is 17.9 Å². The van der Waals surface area contributed by atoms with Gasteiger partial charge in [-0.2, -0.15) is 0 Å². The second kappa shape index (κ2) is 45.3. The van der Waals surface area contributed by atoms with E-state index in [0.717, 1.165) is 70.6 Å². The third-order valence-corrected chi connectivity index (χ3v) is 13.0. The van der Waals surface area contributed by atoms with Crippen molar-refractivity contribution < 1.29 is 29.3 Å². The van der Waals surface area contributed by atoms with Gasteiger partial charge in [-0.3, -0.25) is 9.59 Å². The Morgan fingerprint density at radius 2 is 0.667 bits per heavy atom. The predicted molar refractivity (Wildman–Crippen MR) is 256 cm³/mol. The zero-order chi connectivity index (χ0) is 44.0. The van der Waals surface area contributed by atoms with E-state index >= 15 is 0 Å². The van der Waals surface area contributed by atoms with Gasteiger partial charge in [0, 0.05) is 0 Å². The summed E-state index contributed by atoms with van der Waals surface area (Å²) in [5.41, 5.74) is -0.774. The van der Waals surface area contributed by atoms with E-state index in [9.17, 15) is 19.5 Å². The second-order valence-electron chi connectivity index (χ2n) is 18.8. The molecule has 0 amide bonds. The number of aliphatic carboxylic acids is 1. The molecule has 0 aliphatic rings. The Hall–Kier alpha value is -1.69. The van der Waals surface area contributed by atoms with Gasteiger partial charge in [-0.25, -0.2) is 4.79 Å². The SMILES string of the molecule is CCCCCCCCC=CCCCCCCC(CCCCCCCCCCCCCCCC)(CCCCCCCCCCCCCCCC)C(=O)OC(=O)C(O)CC(=O)O. The van der Waals surface area contributed by atoms with Crippen LogP contribution in [0, 0.1) is 5.41 Å². The average Bonchev–Trinajstić information content (AvgIpc) is 3.23. The summed E-state index contributed by atoms with van der Waals surface area (Å²) in [7, 11) is 0.